The van der Waals surface area contributed by atoms with Gasteiger partial charge in [0.1, 0.15) is 0 Å². The first-order valence-electron chi connectivity index (χ1n) is 16.4. The van der Waals surface area contributed by atoms with Crippen LogP contribution in [0, 0.1) is 5.92 Å². The Kier molecular flexibility index (Phi) is 10.1. The number of hydrogen-bond acceptors (Lipinski definition) is 6. The zero-order valence-electron chi connectivity index (χ0n) is 26.3. The lowest BCUT2D eigenvalue weighted by Gasteiger charge is -2.51. The smallest absolute Gasteiger partial charge is 0.306 e. The molecular weight excluding hydrogens is 627 g/mol. The first kappa shape index (κ1) is 33.0. The summed E-state index contributed by atoms with van der Waals surface area (Å²) in [5, 5.41) is 13.9. The Balaban J connectivity index is 1.26. The molecule has 1 amide bonds. The molecular formula is C35H42Cl2N4O5. The lowest BCUT2D eigenvalue weighted by atomic mass is 9.87. The van der Waals surface area contributed by atoms with Gasteiger partial charge in [0.05, 0.1) is 28.3 Å². The molecule has 1 aromatic heterocycles. The van der Waals surface area contributed by atoms with Crippen molar-refractivity contribution in [3.05, 3.63) is 63.8 Å². The van der Waals surface area contributed by atoms with Gasteiger partial charge in [-0.2, -0.15) is 0 Å². The first-order valence-corrected chi connectivity index (χ1v) is 17.2. The summed E-state index contributed by atoms with van der Waals surface area (Å²) in [6, 6.07) is 11.0. The monoisotopic (exact) mass is 668 g/mol. The summed E-state index contributed by atoms with van der Waals surface area (Å²) >= 11 is 13.6. The van der Waals surface area contributed by atoms with E-state index in [0.717, 1.165) is 69.2 Å². The number of benzene rings is 2. The highest BCUT2D eigenvalue weighted by molar-refractivity contribution is 6.36. The van der Waals surface area contributed by atoms with Gasteiger partial charge < -0.3 is 19.7 Å². The highest BCUT2D eigenvalue weighted by Gasteiger charge is 2.52. The highest BCUT2D eigenvalue weighted by atomic mass is 35.5. The number of aliphatic carboxylic acids is 1. The van der Waals surface area contributed by atoms with Gasteiger partial charge in [-0.3, -0.25) is 24.2 Å². The number of piperidine rings is 1. The number of nitrogens with zero attached hydrogens (tertiary/aromatic N) is 3. The lowest BCUT2D eigenvalue weighted by molar-refractivity contribution is -0.258. The van der Waals surface area contributed by atoms with Crippen LogP contribution in [0.3, 0.4) is 0 Å². The maximum absolute atomic E-state index is 14.7. The molecule has 1 unspecified atom stereocenters. The maximum Gasteiger partial charge on any atom is 0.306 e. The number of nitrogens with one attached hydrogen (secondary N) is 1. The minimum Gasteiger partial charge on any atom is -0.481 e. The van der Waals surface area contributed by atoms with Gasteiger partial charge in [0.15, 0.2) is 5.78 Å². The van der Waals surface area contributed by atoms with Crippen LogP contribution in [0.4, 0.5) is 5.69 Å². The molecule has 11 heteroatoms. The molecule has 1 saturated carbocycles. The van der Waals surface area contributed by atoms with Crippen molar-refractivity contribution < 1.29 is 24.2 Å². The molecule has 46 heavy (non-hydrogen) atoms. The van der Waals surface area contributed by atoms with E-state index in [1.54, 1.807) is 18.3 Å². The van der Waals surface area contributed by atoms with Crippen molar-refractivity contribution in [1.82, 2.24) is 14.4 Å². The number of rotatable bonds is 10. The predicted molar refractivity (Wildman–Crippen MR) is 179 cm³/mol. The summed E-state index contributed by atoms with van der Waals surface area (Å²) in [5.74, 6) is -2.79. The number of anilines is 1. The molecule has 0 spiro atoms. The topological polar surface area (TPSA) is 104 Å². The summed E-state index contributed by atoms with van der Waals surface area (Å²) < 4.78 is 8.88. The summed E-state index contributed by atoms with van der Waals surface area (Å²) in [5.41, 5.74) is 2.40. The predicted octanol–water partition coefficient (Wildman–Crippen LogP) is 6.74. The highest BCUT2D eigenvalue weighted by Crippen LogP contribution is 2.38. The second-order valence-corrected chi connectivity index (χ2v) is 13.7. The zero-order chi connectivity index (χ0) is 32.4. The summed E-state index contributed by atoms with van der Waals surface area (Å²) in [4.78, 5) is 44.1. The molecule has 2 saturated heterocycles. The van der Waals surface area contributed by atoms with E-state index >= 15 is 0 Å². The fourth-order valence-corrected chi connectivity index (χ4v) is 7.93. The standard InChI is InChI=1S/C35H42Cl2N4O5/c1-39-22-27(26-9-3-4-10-31(26)39)33(43)38-30-21-28(36)24(19-29(30)37)20-32(42)35(41-17-7-8-18-41,40-15-5-2-6-16-40)46-25-13-11-23(12-14-25)34(44)45/h3-4,9-10,19,21-23,25H,2,5-8,11-18,20H2,1H3,(H,38,43)(H,44,45). The van der Waals surface area contributed by atoms with E-state index in [1.165, 1.54) is 0 Å². The van der Waals surface area contributed by atoms with E-state index in [9.17, 15) is 19.5 Å². The number of Topliss-reactive ketones (excluding diaryl/α,β-unsaturated/α-hetero) is 1. The fourth-order valence-electron chi connectivity index (χ4n) is 7.46. The number of amides is 1. The molecule has 3 aromatic rings. The van der Waals surface area contributed by atoms with E-state index in [2.05, 4.69) is 15.1 Å². The second-order valence-electron chi connectivity index (χ2n) is 12.9. The van der Waals surface area contributed by atoms with Crippen molar-refractivity contribution in [1.29, 1.82) is 0 Å². The van der Waals surface area contributed by atoms with Crippen LogP contribution in [-0.2, 0) is 27.8 Å². The van der Waals surface area contributed by atoms with Crippen LogP contribution in [-0.4, -0.2) is 75.3 Å². The number of aryl methyl sites for hydroxylation is 1. The van der Waals surface area contributed by atoms with Gasteiger partial charge in [-0.25, -0.2) is 0 Å². The van der Waals surface area contributed by atoms with Crippen molar-refractivity contribution in [2.45, 2.75) is 76.2 Å². The zero-order valence-corrected chi connectivity index (χ0v) is 27.8. The molecule has 246 valence electrons. The molecule has 3 heterocycles. The van der Waals surface area contributed by atoms with Crippen molar-refractivity contribution >= 4 is 57.5 Å². The number of carboxylic acids is 1. The Morgan fingerprint density at radius 2 is 1.54 bits per heavy atom. The van der Waals surface area contributed by atoms with E-state index in [1.807, 2.05) is 35.9 Å². The number of likely N-dealkylation sites (tertiary alicyclic amines) is 2. The van der Waals surface area contributed by atoms with E-state index in [4.69, 9.17) is 27.9 Å². The van der Waals surface area contributed by atoms with E-state index in [-0.39, 0.29) is 30.1 Å². The van der Waals surface area contributed by atoms with E-state index in [0.29, 0.717) is 52.5 Å². The van der Waals surface area contributed by atoms with Crippen LogP contribution in [0.1, 0.15) is 73.7 Å². The molecule has 1 aliphatic carbocycles. The second kappa shape index (κ2) is 14.0. The molecule has 9 nitrogen and oxygen atoms in total. The normalized spacial score (nSPS) is 22.5. The Bertz CT molecular complexity index is 1610. The van der Waals surface area contributed by atoms with Crippen molar-refractivity contribution in [3.8, 4) is 0 Å². The molecule has 2 N–H and O–H groups in total. The minimum atomic E-state index is -1.26. The number of carbonyl (C=O) groups is 3. The Hall–Kier alpha value is -2.95. The largest absolute Gasteiger partial charge is 0.481 e. The molecule has 0 bridgehead atoms. The number of aromatic nitrogens is 1. The van der Waals surface area contributed by atoms with Crippen molar-refractivity contribution in [2.75, 3.05) is 31.5 Å². The Morgan fingerprint density at radius 1 is 0.913 bits per heavy atom. The van der Waals surface area contributed by atoms with Gasteiger partial charge in [0, 0.05) is 61.8 Å². The number of ether oxygens (including phenoxy) is 1. The van der Waals surface area contributed by atoms with Crippen LogP contribution in [0.2, 0.25) is 10.0 Å². The minimum absolute atomic E-state index is 0.00751. The van der Waals surface area contributed by atoms with Gasteiger partial charge in [-0.15, -0.1) is 0 Å². The molecule has 2 aromatic carbocycles. The fraction of sp³-hybridized carbons (Fsp3) is 0.514. The van der Waals surface area contributed by atoms with Gasteiger partial charge in [0.25, 0.3) is 5.91 Å². The van der Waals surface area contributed by atoms with Crippen molar-refractivity contribution in [3.63, 3.8) is 0 Å². The summed E-state index contributed by atoms with van der Waals surface area (Å²) in [6.45, 7) is 3.00. The molecule has 3 fully saturated rings. The molecule has 6 rings (SSSR count). The van der Waals surface area contributed by atoms with Crippen molar-refractivity contribution in [2.24, 2.45) is 13.0 Å². The number of halogens is 2. The quantitative estimate of drug-likeness (QED) is 0.246. The third-order valence-corrected chi connectivity index (χ3v) is 10.6. The van der Waals surface area contributed by atoms with Crippen LogP contribution in [0.15, 0.2) is 42.6 Å². The number of para-hydroxylation sites is 1. The molecule has 2 aliphatic heterocycles. The average Bonchev–Trinajstić information content (AvgIpc) is 3.72. The van der Waals surface area contributed by atoms with Gasteiger partial charge in [-0.1, -0.05) is 47.8 Å². The molecule has 0 radical (unpaired) electrons. The molecule has 1 atom stereocenters. The van der Waals surface area contributed by atoms with Gasteiger partial charge in [-0.05, 0) is 75.1 Å². The molecule has 3 aliphatic rings. The SMILES string of the molecule is Cn1cc(C(=O)Nc2cc(Cl)c(CC(=O)C(OC3CCC(C(=O)O)CC3)(N3CCCCC3)N3CCCC3)cc2Cl)c2ccccc21. The number of ketones is 1. The third kappa shape index (κ3) is 6.58. The van der Waals surface area contributed by atoms with E-state index < -0.39 is 11.8 Å². The van der Waals surface area contributed by atoms with Gasteiger partial charge in [0.2, 0.25) is 5.85 Å². The first-order chi connectivity index (χ1) is 22.2. The number of carboxylic acid groups (broad SMARTS) is 1. The Morgan fingerprint density at radius 3 is 2.20 bits per heavy atom. The van der Waals surface area contributed by atoms with Gasteiger partial charge >= 0.3 is 5.97 Å². The average molecular weight is 670 g/mol. The summed E-state index contributed by atoms with van der Waals surface area (Å²) in [7, 11) is 1.89. The lowest BCUT2D eigenvalue weighted by Crippen LogP contribution is -2.68. The number of carbonyl (C=O) groups excluding carboxylic acids is 2. The summed E-state index contributed by atoms with van der Waals surface area (Å²) in [6.07, 6.45) is 8.90. The van der Waals surface area contributed by atoms with Crippen LogP contribution in [0.25, 0.3) is 10.9 Å². The third-order valence-electron chi connectivity index (χ3n) is 9.91. The van der Waals surface area contributed by atoms with Crippen LogP contribution < -0.4 is 5.32 Å². The van der Waals surface area contributed by atoms with Crippen LogP contribution in [0.5, 0.6) is 0 Å². The van der Waals surface area contributed by atoms with Crippen LogP contribution >= 0.6 is 23.2 Å². The maximum atomic E-state index is 14.7. The Labute approximate surface area is 279 Å². The number of hydrogen-bond donors (Lipinski definition) is 2. The number of fused-ring (bicyclic) bond motifs is 1.